The molecule has 0 radical (unpaired) electrons. The van der Waals surface area contributed by atoms with E-state index in [1.807, 2.05) is 0 Å². The van der Waals surface area contributed by atoms with Gasteiger partial charge < -0.3 is 5.32 Å². The molecule has 1 saturated heterocycles. The van der Waals surface area contributed by atoms with Crippen LogP contribution in [-0.4, -0.2) is 12.8 Å². The van der Waals surface area contributed by atoms with Crippen LogP contribution in [0.3, 0.4) is 0 Å². The first kappa shape index (κ1) is 11.9. The van der Waals surface area contributed by atoms with Crippen LogP contribution in [0, 0.1) is 11.6 Å². The van der Waals surface area contributed by atoms with Crippen LogP contribution in [0.5, 0.6) is 0 Å². The molecule has 1 aromatic carbocycles. The monoisotopic (exact) mass is 243 g/mol. The molecule has 4 heteroatoms. The van der Waals surface area contributed by atoms with Crippen molar-refractivity contribution >= 4 is 11.8 Å². The van der Waals surface area contributed by atoms with E-state index in [2.05, 4.69) is 5.32 Å². The summed E-state index contributed by atoms with van der Waals surface area (Å²) in [5.41, 5.74) is 0.214. The van der Waals surface area contributed by atoms with E-state index in [1.54, 1.807) is 6.26 Å². The molecule has 2 rings (SSSR count). The molecule has 1 aliphatic rings. The molecule has 1 nitrogen and oxygen atoms in total. The van der Waals surface area contributed by atoms with E-state index < -0.39 is 11.6 Å². The van der Waals surface area contributed by atoms with Crippen molar-refractivity contribution in [2.75, 3.05) is 12.8 Å². The van der Waals surface area contributed by atoms with Crippen LogP contribution in [0.4, 0.5) is 8.78 Å². The Morgan fingerprint density at radius 1 is 1.31 bits per heavy atom. The fraction of sp³-hybridized carbons (Fsp3) is 0.500. The Morgan fingerprint density at radius 3 is 2.75 bits per heavy atom. The highest BCUT2D eigenvalue weighted by Crippen LogP contribution is 2.31. The third kappa shape index (κ3) is 2.23. The number of rotatable bonds is 2. The van der Waals surface area contributed by atoms with E-state index in [-0.39, 0.29) is 11.6 Å². The maximum atomic E-state index is 14.0. The molecule has 0 spiro atoms. The lowest BCUT2D eigenvalue weighted by Crippen LogP contribution is -2.28. The molecule has 88 valence electrons. The van der Waals surface area contributed by atoms with E-state index >= 15 is 0 Å². The minimum atomic E-state index is -0.435. The number of hydrogen-bond donors (Lipinski definition) is 1. The summed E-state index contributed by atoms with van der Waals surface area (Å²) in [5, 5.41) is 3.18. The van der Waals surface area contributed by atoms with Crippen LogP contribution in [0.15, 0.2) is 17.0 Å². The predicted octanol–water partition coefficient (Wildman–Crippen LogP) is 3.50. The summed E-state index contributed by atoms with van der Waals surface area (Å²) in [7, 11) is 0. The van der Waals surface area contributed by atoms with E-state index in [0.29, 0.717) is 4.90 Å². The average molecular weight is 243 g/mol. The van der Waals surface area contributed by atoms with Crippen molar-refractivity contribution in [2.45, 2.75) is 30.2 Å². The summed E-state index contributed by atoms with van der Waals surface area (Å²) in [6.07, 6.45) is 4.72. The fourth-order valence-electron chi connectivity index (χ4n) is 2.12. The van der Waals surface area contributed by atoms with Gasteiger partial charge in [0.15, 0.2) is 0 Å². The Balaban J connectivity index is 2.37. The zero-order chi connectivity index (χ0) is 11.5. The average Bonchev–Trinajstić information content (AvgIpc) is 2.31. The first-order valence-electron chi connectivity index (χ1n) is 5.49. The van der Waals surface area contributed by atoms with Crippen LogP contribution in [-0.2, 0) is 0 Å². The largest absolute Gasteiger partial charge is 0.310 e. The summed E-state index contributed by atoms with van der Waals surface area (Å²) in [6, 6.07) is 2.70. The predicted molar refractivity (Wildman–Crippen MR) is 62.7 cm³/mol. The zero-order valence-corrected chi connectivity index (χ0v) is 10.0. The number of thioether (sulfide) groups is 1. The van der Waals surface area contributed by atoms with E-state index in [9.17, 15) is 8.78 Å². The number of hydrogen-bond acceptors (Lipinski definition) is 2. The van der Waals surface area contributed by atoms with E-state index in [1.165, 1.54) is 23.9 Å². The van der Waals surface area contributed by atoms with Crippen LogP contribution in [0.25, 0.3) is 0 Å². The third-order valence-corrected chi connectivity index (χ3v) is 3.72. The molecule has 1 unspecified atom stereocenters. The van der Waals surface area contributed by atoms with Crippen molar-refractivity contribution in [3.8, 4) is 0 Å². The SMILES string of the molecule is CSc1ccc(F)c(C2CCCCN2)c1F. The molecule has 0 amide bonds. The lowest BCUT2D eigenvalue weighted by atomic mass is 9.96. The van der Waals surface area contributed by atoms with Crippen molar-refractivity contribution in [3.05, 3.63) is 29.3 Å². The van der Waals surface area contributed by atoms with Gasteiger partial charge in [0, 0.05) is 16.5 Å². The summed E-state index contributed by atoms with van der Waals surface area (Å²) in [5.74, 6) is -0.832. The molecule has 1 aromatic rings. The zero-order valence-electron chi connectivity index (χ0n) is 9.22. The number of nitrogens with one attached hydrogen (secondary N) is 1. The van der Waals surface area contributed by atoms with Gasteiger partial charge in [-0.2, -0.15) is 0 Å². The van der Waals surface area contributed by atoms with Crippen molar-refractivity contribution in [1.29, 1.82) is 0 Å². The first-order chi connectivity index (χ1) is 7.74. The van der Waals surface area contributed by atoms with Gasteiger partial charge in [0.25, 0.3) is 0 Å². The third-order valence-electron chi connectivity index (χ3n) is 2.97. The molecule has 0 aliphatic carbocycles. The molecular formula is C12H15F2NS. The molecule has 0 saturated carbocycles. The second-order valence-corrected chi connectivity index (χ2v) is 4.83. The minimum Gasteiger partial charge on any atom is -0.310 e. The van der Waals surface area contributed by atoms with Crippen molar-refractivity contribution in [1.82, 2.24) is 5.32 Å². The summed E-state index contributed by atoms with van der Waals surface area (Å²) in [6.45, 7) is 0.840. The first-order valence-corrected chi connectivity index (χ1v) is 6.71. The van der Waals surface area contributed by atoms with Gasteiger partial charge in [0.2, 0.25) is 0 Å². The molecule has 1 aliphatic heterocycles. The van der Waals surface area contributed by atoms with E-state index in [0.717, 1.165) is 25.8 Å². The Labute approximate surface area is 98.6 Å². The lowest BCUT2D eigenvalue weighted by molar-refractivity contribution is 0.382. The van der Waals surface area contributed by atoms with Gasteiger partial charge in [-0.05, 0) is 37.8 Å². The summed E-state index contributed by atoms with van der Waals surface area (Å²) in [4.78, 5) is 0.517. The highest BCUT2D eigenvalue weighted by atomic mass is 32.2. The van der Waals surface area contributed by atoms with Gasteiger partial charge in [-0.25, -0.2) is 8.78 Å². The summed E-state index contributed by atoms with van der Waals surface area (Å²) >= 11 is 1.31. The highest BCUT2D eigenvalue weighted by Gasteiger charge is 2.23. The Bertz CT molecular complexity index is 376. The molecular weight excluding hydrogens is 228 g/mol. The second-order valence-electron chi connectivity index (χ2n) is 3.98. The van der Waals surface area contributed by atoms with Gasteiger partial charge in [-0.1, -0.05) is 6.42 Å². The maximum Gasteiger partial charge on any atom is 0.144 e. The van der Waals surface area contributed by atoms with Gasteiger partial charge >= 0.3 is 0 Å². The smallest absolute Gasteiger partial charge is 0.144 e. The minimum absolute atomic E-state index is 0.166. The quantitative estimate of drug-likeness (QED) is 0.798. The molecule has 1 fully saturated rings. The topological polar surface area (TPSA) is 12.0 Å². The Kier molecular flexibility index (Phi) is 3.82. The van der Waals surface area contributed by atoms with Gasteiger partial charge in [0.1, 0.15) is 11.6 Å². The molecule has 0 bridgehead atoms. The van der Waals surface area contributed by atoms with Crippen molar-refractivity contribution in [2.24, 2.45) is 0 Å². The van der Waals surface area contributed by atoms with E-state index in [4.69, 9.17) is 0 Å². The maximum absolute atomic E-state index is 14.0. The highest BCUT2D eigenvalue weighted by molar-refractivity contribution is 7.98. The standard InChI is InChI=1S/C12H15F2NS/c1-16-10-6-5-8(13)11(12(10)14)9-4-2-3-7-15-9/h5-6,9,15H,2-4,7H2,1H3. The van der Waals surface area contributed by atoms with Gasteiger partial charge in [0.05, 0.1) is 0 Å². The molecule has 1 heterocycles. The van der Waals surface area contributed by atoms with Gasteiger partial charge in [-0.15, -0.1) is 11.8 Å². The van der Waals surface area contributed by atoms with Crippen LogP contribution >= 0.6 is 11.8 Å². The number of piperidine rings is 1. The molecule has 1 atom stereocenters. The van der Waals surface area contributed by atoms with Crippen LogP contribution in [0.1, 0.15) is 30.9 Å². The van der Waals surface area contributed by atoms with Crippen molar-refractivity contribution < 1.29 is 8.78 Å². The second kappa shape index (κ2) is 5.15. The van der Waals surface area contributed by atoms with Gasteiger partial charge in [-0.3, -0.25) is 0 Å². The molecule has 16 heavy (non-hydrogen) atoms. The lowest BCUT2D eigenvalue weighted by Gasteiger charge is -2.25. The molecule has 0 aromatic heterocycles. The summed E-state index contributed by atoms with van der Waals surface area (Å²) < 4.78 is 27.7. The Morgan fingerprint density at radius 2 is 2.12 bits per heavy atom. The number of halogens is 2. The van der Waals surface area contributed by atoms with Crippen LogP contribution in [0.2, 0.25) is 0 Å². The Hall–Kier alpha value is -0.610. The normalized spacial score (nSPS) is 21.1. The van der Waals surface area contributed by atoms with Crippen LogP contribution < -0.4 is 5.32 Å². The number of benzene rings is 1. The van der Waals surface area contributed by atoms with Crippen molar-refractivity contribution in [3.63, 3.8) is 0 Å². The molecule has 1 N–H and O–H groups in total. The fourth-order valence-corrected chi connectivity index (χ4v) is 2.62.